The molecular formula is C18H19FN2O4S. The number of hydrogen-bond donors (Lipinski definition) is 1. The number of ether oxygens (including phenoxy) is 1. The third-order valence-electron chi connectivity index (χ3n) is 4.17. The normalized spacial score (nSPS) is 15.0. The Morgan fingerprint density at radius 2 is 1.92 bits per heavy atom. The second-order valence-electron chi connectivity index (χ2n) is 5.93. The van der Waals surface area contributed by atoms with Gasteiger partial charge in [0.25, 0.3) is 10.0 Å². The smallest absolute Gasteiger partial charge is 0.264 e. The van der Waals surface area contributed by atoms with E-state index in [1.165, 1.54) is 37.4 Å². The summed E-state index contributed by atoms with van der Waals surface area (Å²) in [7, 11) is -2.63. The van der Waals surface area contributed by atoms with E-state index in [-0.39, 0.29) is 11.6 Å². The second-order valence-corrected chi connectivity index (χ2v) is 7.58. The van der Waals surface area contributed by atoms with E-state index in [4.69, 9.17) is 4.74 Å². The molecule has 0 spiro atoms. The third kappa shape index (κ3) is 3.65. The van der Waals surface area contributed by atoms with Crippen LogP contribution in [0.4, 0.5) is 15.8 Å². The summed E-state index contributed by atoms with van der Waals surface area (Å²) in [6.45, 7) is 0.593. The first-order valence-electron chi connectivity index (χ1n) is 8.18. The third-order valence-corrected chi connectivity index (χ3v) is 5.59. The molecule has 1 heterocycles. The lowest BCUT2D eigenvalue weighted by Crippen LogP contribution is -2.35. The highest BCUT2D eigenvalue weighted by Gasteiger charge is 2.24. The van der Waals surface area contributed by atoms with Crippen LogP contribution < -0.4 is 14.4 Å². The minimum atomic E-state index is -4.08. The highest BCUT2D eigenvalue weighted by Crippen LogP contribution is 2.34. The number of amides is 1. The summed E-state index contributed by atoms with van der Waals surface area (Å²) in [6, 6.07) is 9.77. The van der Waals surface area contributed by atoms with Gasteiger partial charge in [-0.2, -0.15) is 0 Å². The molecule has 138 valence electrons. The molecule has 0 bridgehead atoms. The van der Waals surface area contributed by atoms with E-state index in [0.29, 0.717) is 24.4 Å². The molecule has 26 heavy (non-hydrogen) atoms. The van der Waals surface area contributed by atoms with Gasteiger partial charge in [-0.05, 0) is 37.1 Å². The van der Waals surface area contributed by atoms with Crippen molar-refractivity contribution in [2.75, 3.05) is 23.3 Å². The van der Waals surface area contributed by atoms with E-state index >= 15 is 0 Å². The molecule has 1 N–H and O–H groups in total. The van der Waals surface area contributed by atoms with Gasteiger partial charge in [-0.1, -0.05) is 12.1 Å². The van der Waals surface area contributed by atoms with Gasteiger partial charge in [-0.15, -0.1) is 0 Å². The number of halogens is 1. The minimum Gasteiger partial charge on any atom is -0.494 e. The molecule has 0 saturated carbocycles. The van der Waals surface area contributed by atoms with Crippen LogP contribution in [0, 0.1) is 5.82 Å². The summed E-state index contributed by atoms with van der Waals surface area (Å²) in [5.74, 6) is -0.453. The van der Waals surface area contributed by atoms with E-state index in [1.807, 2.05) is 0 Å². The SMILES string of the molecule is COc1cc(NS(=O)(=O)c2ccccc2F)ccc1N1CCCCC1=O. The summed E-state index contributed by atoms with van der Waals surface area (Å²) in [5, 5.41) is 0. The number of benzene rings is 2. The van der Waals surface area contributed by atoms with Crippen LogP contribution in [0.1, 0.15) is 19.3 Å². The molecule has 3 rings (SSSR count). The lowest BCUT2D eigenvalue weighted by molar-refractivity contribution is -0.119. The van der Waals surface area contributed by atoms with Gasteiger partial charge in [-0.25, -0.2) is 12.8 Å². The number of hydrogen-bond acceptors (Lipinski definition) is 4. The van der Waals surface area contributed by atoms with Crippen LogP contribution in [-0.4, -0.2) is 28.0 Å². The van der Waals surface area contributed by atoms with Crippen LogP contribution in [0.2, 0.25) is 0 Å². The van der Waals surface area contributed by atoms with E-state index in [2.05, 4.69) is 4.72 Å². The number of carbonyl (C=O) groups excluding carboxylic acids is 1. The number of sulfonamides is 1. The van der Waals surface area contributed by atoms with E-state index in [0.717, 1.165) is 18.9 Å². The van der Waals surface area contributed by atoms with Crippen LogP contribution >= 0.6 is 0 Å². The highest BCUT2D eigenvalue weighted by molar-refractivity contribution is 7.92. The summed E-state index contributed by atoms with van der Waals surface area (Å²) >= 11 is 0. The van der Waals surface area contributed by atoms with Gasteiger partial charge in [0.1, 0.15) is 16.5 Å². The Morgan fingerprint density at radius 1 is 1.15 bits per heavy atom. The van der Waals surface area contributed by atoms with E-state index < -0.39 is 20.7 Å². The van der Waals surface area contributed by atoms with Crippen LogP contribution in [0.5, 0.6) is 5.75 Å². The quantitative estimate of drug-likeness (QED) is 0.867. The molecule has 1 amide bonds. The van der Waals surface area contributed by atoms with Crippen molar-refractivity contribution in [2.45, 2.75) is 24.2 Å². The predicted octanol–water partition coefficient (Wildman–Crippen LogP) is 3.15. The lowest BCUT2D eigenvalue weighted by atomic mass is 10.1. The molecule has 0 atom stereocenters. The van der Waals surface area contributed by atoms with Crippen molar-refractivity contribution in [3.63, 3.8) is 0 Å². The standard InChI is InChI=1S/C18H19FN2O4S/c1-25-16-12-13(9-10-15(16)21-11-5-4-8-18(21)22)20-26(23,24)17-7-3-2-6-14(17)19/h2-3,6-7,9-10,12,20H,4-5,8,11H2,1H3. The molecule has 1 aliphatic heterocycles. The summed E-state index contributed by atoms with van der Waals surface area (Å²) in [6.07, 6.45) is 2.24. The zero-order valence-electron chi connectivity index (χ0n) is 14.2. The Hall–Kier alpha value is -2.61. The number of nitrogens with zero attached hydrogens (tertiary/aromatic N) is 1. The zero-order valence-corrected chi connectivity index (χ0v) is 15.1. The van der Waals surface area contributed by atoms with Gasteiger partial charge in [0.15, 0.2) is 0 Å². The van der Waals surface area contributed by atoms with E-state index in [9.17, 15) is 17.6 Å². The first-order chi connectivity index (χ1) is 12.4. The summed E-state index contributed by atoms with van der Waals surface area (Å²) in [4.78, 5) is 13.3. The largest absolute Gasteiger partial charge is 0.494 e. The van der Waals surface area contributed by atoms with Gasteiger partial charge in [0.2, 0.25) is 5.91 Å². The van der Waals surface area contributed by atoms with Gasteiger partial charge in [0.05, 0.1) is 18.5 Å². The van der Waals surface area contributed by atoms with Crippen molar-refractivity contribution < 1.29 is 22.3 Å². The van der Waals surface area contributed by atoms with Crippen molar-refractivity contribution >= 4 is 27.3 Å². The molecular weight excluding hydrogens is 359 g/mol. The van der Waals surface area contributed by atoms with Gasteiger partial charge in [0, 0.05) is 19.0 Å². The molecule has 2 aromatic carbocycles. The van der Waals surface area contributed by atoms with Crippen LogP contribution in [0.15, 0.2) is 47.4 Å². The maximum atomic E-state index is 13.8. The average molecular weight is 378 g/mol. The topological polar surface area (TPSA) is 75.7 Å². The van der Waals surface area contributed by atoms with Crippen LogP contribution in [-0.2, 0) is 14.8 Å². The molecule has 0 radical (unpaired) electrons. The molecule has 2 aromatic rings. The van der Waals surface area contributed by atoms with Crippen molar-refractivity contribution in [1.82, 2.24) is 0 Å². The molecule has 1 aliphatic rings. The molecule has 0 aliphatic carbocycles. The molecule has 1 fully saturated rings. The number of carbonyl (C=O) groups is 1. The fourth-order valence-electron chi connectivity index (χ4n) is 2.90. The fraction of sp³-hybridized carbons (Fsp3) is 0.278. The number of anilines is 2. The first-order valence-corrected chi connectivity index (χ1v) is 9.66. The number of rotatable bonds is 5. The van der Waals surface area contributed by atoms with Gasteiger partial charge >= 0.3 is 0 Å². The Morgan fingerprint density at radius 3 is 2.62 bits per heavy atom. The number of nitrogens with one attached hydrogen (secondary N) is 1. The highest BCUT2D eigenvalue weighted by atomic mass is 32.2. The maximum Gasteiger partial charge on any atom is 0.264 e. The molecule has 0 unspecified atom stereocenters. The predicted molar refractivity (Wildman–Crippen MR) is 96.4 cm³/mol. The van der Waals surface area contributed by atoms with Gasteiger partial charge in [-0.3, -0.25) is 9.52 Å². The number of piperidine rings is 1. The Labute approximate surface area is 151 Å². The molecule has 8 heteroatoms. The van der Waals surface area contributed by atoms with Crippen LogP contribution in [0.3, 0.4) is 0 Å². The lowest BCUT2D eigenvalue weighted by Gasteiger charge is -2.28. The Bertz CT molecular complexity index is 931. The molecule has 1 saturated heterocycles. The fourth-order valence-corrected chi connectivity index (χ4v) is 4.03. The zero-order chi connectivity index (χ0) is 18.7. The number of methoxy groups -OCH3 is 1. The average Bonchev–Trinajstić information content (AvgIpc) is 2.62. The molecule has 0 aromatic heterocycles. The van der Waals surface area contributed by atoms with Crippen molar-refractivity contribution in [3.8, 4) is 5.75 Å². The first kappa shape index (κ1) is 18.2. The van der Waals surface area contributed by atoms with E-state index in [1.54, 1.807) is 11.0 Å². The van der Waals surface area contributed by atoms with Crippen LogP contribution in [0.25, 0.3) is 0 Å². The molecule has 6 nitrogen and oxygen atoms in total. The minimum absolute atomic E-state index is 0.00855. The van der Waals surface area contributed by atoms with Gasteiger partial charge < -0.3 is 9.64 Å². The maximum absolute atomic E-state index is 13.8. The Balaban J connectivity index is 1.90. The van der Waals surface area contributed by atoms with Crippen molar-refractivity contribution in [2.24, 2.45) is 0 Å². The summed E-state index contributed by atoms with van der Waals surface area (Å²) < 4.78 is 46.3. The van der Waals surface area contributed by atoms with Crippen molar-refractivity contribution in [3.05, 3.63) is 48.3 Å². The second kappa shape index (κ2) is 7.33. The summed E-state index contributed by atoms with van der Waals surface area (Å²) in [5.41, 5.74) is 0.810. The Kier molecular flexibility index (Phi) is 5.13. The monoisotopic (exact) mass is 378 g/mol. The van der Waals surface area contributed by atoms with Crippen molar-refractivity contribution in [1.29, 1.82) is 0 Å².